The van der Waals surface area contributed by atoms with E-state index in [-0.39, 0.29) is 35.5 Å². The highest BCUT2D eigenvalue weighted by molar-refractivity contribution is 7.18. The molecule has 0 radical (unpaired) electrons. The Morgan fingerprint density at radius 1 is 1.00 bits per heavy atom. The summed E-state index contributed by atoms with van der Waals surface area (Å²) in [5.74, 6) is 0. The van der Waals surface area contributed by atoms with Crippen LogP contribution in [-0.2, 0) is 29.7 Å². The van der Waals surface area contributed by atoms with E-state index in [2.05, 4.69) is 10.3 Å². The summed E-state index contributed by atoms with van der Waals surface area (Å²) in [6.45, 7) is 3.27. The van der Waals surface area contributed by atoms with Crippen molar-refractivity contribution in [2.24, 2.45) is 0 Å². The van der Waals surface area contributed by atoms with Crippen molar-refractivity contribution >= 4 is 33.3 Å². The van der Waals surface area contributed by atoms with Crippen molar-refractivity contribution in [3.63, 3.8) is 0 Å². The van der Waals surface area contributed by atoms with Gasteiger partial charge in [-0.05, 0) is 78.6 Å². The smallest absolute Gasteiger partial charge is 0.416 e. The highest BCUT2D eigenvalue weighted by Crippen LogP contribution is 2.45. The average Bonchev–Trinajstić information content (AvgIpc) is 3.33. The zero-order valence-corrected chi connectivity index (χ0v) is 24.0. The number of aromatic nitrogens is 1. The lowest BCUT2D eigenvalue weighted by Gasteiger charge is -2.40. The topological polar surface area (TPSA) is 97.6 Å². The normalized spacial score (nSPS) is 17.2. The van der Waals surface area contributed by atoms with Crippen LogP contribution < -0.4 is 10.2 Å². The summed E-state index contributed by atoms with van der Waals surface area (Å²) in [6.07, 6.45) is -16.3. The molecule has 2 aromatic carbocycles. The Hall–Kier alpha value is -4.09. The lowest BCUT2D eigenvalue weighted by Crippen LogP contribution is -2.46. The predicted octanol–water partition coefficient (Wildman–Crippen LogP) is 9.00. The largest absolute Gasteiger partial charge is 0.449 e. The molecule has 18 heteroatoms. The maximum absolute atomic E-state index is 13.6. The van der Waals surface area contributed by atoms with E-state index in [4.69, 9.17) is 4.74 Å². The summed E-state index contributed by atoms with van der Waals surface area (Å²) in [6, 6.07) is 1.91. The van der Waals surface area contributed by atoms with Gasteiger partial charge >= 0.3 is 29.6 Å². The number of rotatable bonds is 7. The molecule has 0 spiro atoms. The number of nitro groups is 1. The molecule has 1 aromatic heterocycles. The van der Waals surface area contributed by atoms with Crippen molar-refractivity contribution < 1.29 is 54.0 Å². The van der Waals surface area contributed by atoms with Gasteiger partial charge in [-0.25, -0.2) is 9.78 Å². The van der Waals surface area contributed by atoms with Crippen molar-refractivity contribution in [2.75, 3.05) is 16.8 Å². The van der Waals surface area contributed by atoms with Crippen LogP contribution in [0.15, 0.2) is 36.4 Å². The van der Waals surface area contributed by atoms with Crippen LogP contribution in [0.1, 0.15) is 66.2 Å². The second-order valence-electron chi connectivity index (χ2n) is 9.95. The Labute approximate surface area is 253 Å². The third kappa shape index (κ3) is 7.42. The molecule has 244 valence electrons. The van der Waals surface area contributed by atoms with Gasteiger partial charge in [-0.3, -0.25) is 15.0 Å². The van der Waals surface area contributed by atoms with Crippen LogP contribution in [0.2, 0.25) is 0 Å². The predicted molar refractivity (Wildman–Crippen MR) is 144 cm³/mol. The maximum Gasteiger partial charge on any atom is 0.416 e. The quantitative estimate of drug-likeness (QED) is 0.153. The first-order valence-corrected chi connectivity index (χ1v) is 14.0. The van der Waals surface area contributed by atoms with Gasteiger partial charge in [-0.15, -0.1) is 0 Å². The van der Waals surface area contributed by atoms with E-state index in [0.717, 1.165) is 18.2 Å². The number of benzene rings is 2. The summed E-state index contributed by atoms with van der Waals surface area (Å²) in [4.78, 5) is 29.0. The number of hydrogen-bond donors (Lipinski definition) is 1. The number of nitrogens with zero attached hydrogens (tertiary/aromatic N) is 3. The number of thiazole rings is 1. The van der Waals surface area contributed by atoms with Crippen LogP contribution in [0.25, 0.3) is 0 Å². The number of hydrogen-bond acceptors (Lipinski definition) is 7. The second-order valence-corrected chi connectivity index (χ2v) is 10.9. The van der Waals surface area contributed by atoms with Crippen molar-refractivity contribution in [1.82, 2.24) is 4.98 Å². The van der Waals surface area contributed by atoms with Crippen molar-refractivity contribution in [3.8, 4) is 0 Å². The Bertz CT molecular complexity index is 1560. The second kappa shape index (κ2) is 12.4. The fourth-order valence-corrected chi connectivity index (χ4v) is 5.83. The molecule has 2 atom stereocenters. The van der Waals surface area contributed by atoms with E-state index < -0.39 is 81.0 Å². The Morgan fingerprint density at radius 3 is 2.11 bits per heavy atom. The fraction of sp³-hybridized carbons (Fsp3) is 0.407. The van der Waals surface area contributed by atoms with Gasteiger partial charge in [0, 0.05) is 12.5 Å². The van der Waals surface area contributed by atoms with Gasteiger partial charge in [-0.1, -0.05) is 6.92 Å². The van der Waals surface area contributed by atoms with Crippen LogP contribution in [-0.4, -0.2) is 28.6 Å². The highest BCUT2D eigenvalue weighted by atomic mass is 32.1. The first-order chi connectivity index (χ1) is 20.8. The third-order valence-corrected chi connectivity index (χ3v) is 7.94. The molecular weight excluding hydrogens is 647 g/mol. The lowest BCUT2D eigenvalue weighted by molar-refractivity contribution is -0.381. The molecule has 0 saturated heterocycles. The summed E-state index contributed by atoms with van der Waals surface area (Å²) in [7, 11) is 0. The third-order valence-electron chi connectivity index (χ3n) is 6.96. The molecule has 0 bridgehead atoms. The maximum atomic E-state index is 13.6. The molecule has 4 rings (SSSR count). The van der Waals surface area contributed by atoms with E-state index >= 15 is 0 Å². The number of carbonyl (C=O) groups excluding carboxylic acids is 1. The summed E-state index contributed by atoms with van der Waals surface area (Å²) < 4.78 is 126. The highest BCUT2D eigenvalue weighted by Gasteiger charge is 2.40. The van der Waals surface area contributed by atoms with Crippen LogP contribution in [0.4, 0.5) is 60.1 Å². The molecule has 1 aliphatic rings. The van der Waals surface area contributed by atoms with E-state index in [1.165, 1.54) is 4.90 Å². The first kappa shape index (κ1) is 33.8. The van der Waals surface area contributed by atoms with Gasteiger partial charge in [-0.2, -0.15) is 39.5 Å². The summed E-state index contributed by atoms with van der Waals surface area (Å²) in [5.41, 5.74) is -5.19. The standard InChI is InChI=1S/C27H23F9N4O4S/c1-3-17-12-19(18-11-14(25(28,29)30)5-6-21(18)39(17)24(41)44-4-2)37-23-38-20(22(45-23)40(42)43)9-13-7-15(26(31,32)33)10-16(8-13)27(34,35)36/h5-8,10-11,17,19H,3-4,9,12H2,1-2H3,(H,37,38)/t17-,19+/m1/s1. The number of nitrogens with one attached hydrogen (secondary N) is 1. The van der Waals surface area contributed by atoms with Crippen LogP contribution in [0.3, 0.4) is 0 Å². The van der Waals surface area contributed by atoms with E-state index in [1.54, 1.807) is 13.8 Å². The number of anilines is 2. The van der Waals surface area contributed by atoms with Crippen LogP contribution >= 0.6 is 11.3 Å². The molecule has 45 heavy (non-hydrogen) atoms. The summed E-state index contributed by atoms with van der Waals surface area (Å²) >= 11 is 0.415. The van der Waals surface area contributed by atoms with Crippen molar-refractivity contribution in [1.29, 1.82) is 0 Å². The van der Waals surface area contributed by atoms with Crippen LogP contribution in [0.5, 0.6) is 0 Å². The van der Waals surface area contributed by atoms with Gasteiger partial charge < -0.3 is 10.1 Å². The molecule has 0 fully saturated rings. The zero-order valence-electron chi connectivity index (χ0n) is 23.2. The molecule has 1 amide bonds. The van der Waals surface area contributed by atoms with E-state index in [0.29, 0.717) is 29.9 Å². The number of fused-ring (bicyclic) bond motifs is 1. The lowest BCUT2D eigenvalue weighted by atomic mass is 9.89. The van der Waals surface area contributed by atoms with Gasteiger partial charge in [0.05, 0.1) is 39.9 Å². The molecular formula is C27H23F9N4O4S. The zero-order chi connectivity index (χ0) is 33.5. The molecule has 1 aliphatic heterocycles. The monoisotopic (exact) mass is 670 g/mol. The minimum Gasteiger partial charge on any atom is -0.449 e. The molecule has 0 saturated carbocycles. The molecule has 0 aliphatic carbocycles. The molecule has 3 aromatic rings. The van der Waals surface area contributed by atoms with Crippen molar-refractivity contribution in [2.45, 2.75) is 63.7 Å². The minimum atomic E-state index is -5.15. The molecule has 8 nitrogen and oxygen atoms in total. The van der Waals surface area contributed by atoms with Crippen LogP contribution in [0, 0.1) is 10.1 Å². The van der Waals surface area contributed by atoms with Gasteiger partial charge in [0.15, 0.2) is 5.13 Å². The Balaban J connectivity index is 1.76. The van der Waals surface area contributed by atoms with E-state index in [1.807, 2.05) is 0 Å². The fourth-order valence-electron chi connectivity index (χ4n) is 4.98. The number of amides is 1. The first-order valence-electron chi connectivity index (χ1n) is 13.2. The Morgan fingerprint density at radius 2 is 1.60 bits per heavy atom. The minimum absolute atomic E-state index is 0.00493. The van der Waals surface area contributed by atoms with E-state index in [9.17, 15) is 54.4 Å². The average molecular weight is 671 g/mol. The molecule has 2 heterocycles. The van der Waals surface area contributed by atoms with Crippen molar-refractivity contribution in [3.05, 3.63) is 80.0 Å². The number of halogens is 9. The van der Waals surface area contributed by atoms with Gasteiger partial charge in [0.25, 0.3) is 0 Å². The number of carbonyl (C=O) groups is 1. The Kier molecular flexibility index (Phi) is 9.28. The van der Waals surface area contributed by atoms with Gasteiger partial charge in [0.1, 0.15) is 5.69 Å². The molecule has 0 unspecified atom stereocenters. The molecule has 1 N–H and O–H groups in total. The number of ether oxygens (including phenoxy) is 1. The summed E-state index contributed by atoms with van der Waals surface area (Å²) in [5, 5.41) is 13.7. The van der Waals surface area contributed by atoms with Gasteiger partial charge in [0.2, 0.25) is 0 Å². The number of alkyl halides is 9. The SMILES string of the molecule is CCOC(=O)N1c2ccc(C(F)(F)F)cc2[C@@H](Nc2nc(Cc3cc(C(F)(F)F)cc(C(F)(F)F)c3)c([N+](=O)[O-])s2)C[C@H]1CC.